The third-order valence-corrected chi connectivity index (χ3v) is 1.89. The second-order valence-electron chi connectivity index (χ2n) is 3.46. The van der Waals surface area contributed by atoms with E-state index in [2.05, 4.69) is 10.4 Å². The lowest BCUT2D eigenvalue weighted by molar-refractivity contribution is -0.112. The highest BCUT2D eigenvalue weighted by Gasteiger charge is 2.08. The maximum atomic E-state index is 11.8. The number of allylic oxidation sites excluding steroid dienone is 1. The Morgan fingerprint density at radius 3 is 2.82 bits per heavy atom. The van der Waals surface area contributed by atoms with Gasteiger partial charge >= 0.3 is 0 Å². The maximum absolute atomic E-state index is 11.8. The normalized spacial score (nSPS) is 12.6. The van der Waals surface area contributed by atoms with Crippen molar-refractivity contribution in [2.75, 3.05) is 11.9 Å². The van der Waals surface area contributed by atoms with Crippen molar-refractivity contribution >= 4 is 11.7 Å². The number of aryl methyl sites for hydroxylation is 1. The Morgan fingerprint density at radius 1 is 1.65 bits per heavy atom. The van der Waals surface area contributed by atoms with Crippen LogP contribution in [0.3, 0.4) is 0 Å². The molecule has 1 aromatic rings. The molecule has 1 amide bonds. The minimum absolute atomic E-state index is 0.0131. The summed E-state index contributed by atoms with van der Waals surface area (Å²) in [6.07, 6.45) is 4.27. The van der Waals surface area contributed by atoms with Crippen molar-refractivity contribution in [1.82, 2.24) is 9.78 Å². The van der Waals surface area contributed by atoms with Crippen LogP contribution in [0.2, 0.25) is 0 Å². The van der Waals surface area contributed by atoms with Gasteiger partial charge in [0.1, 0.15) is 0 Å². The topological polar surface area (TPSA) is 87.4 Å². The van der Waals surface area contributed by atoms with E-state index in [1.54, 1.807) is 24.0 Å². The predicted molar refractivity (Wildman–Crippen MR) is 63.4 cm³/mol. The van der Waals surface area contributed by atoms with E-state index < -0.39 is 5.91 Å². The van der Waals surface area contributed by atoms with Gasteiger partial charge in [0.05, 0.1) is 12.4 Å². The lowest BCUT2D eigenvalue weighted by atomic mass is 10.2. The van der Waals surface area contributed by atoms with Crippen LogP contribution in [0.1, 0.15) is 6.92 Å². The molecule has 0 saturated carbocycles. The number of hydrogen-bond acceptors (Lipinski definition) is 4. The second kappa shape index (κ2) is 5.86. The van der Waals surface area contributed by atoms with Crippen molar-refractivity contribution < 1.29 is 15.0 Å². The number of aromatic nitrogens is 2. The van der Waals surface area contributed by atoms with Gasteiger partial charge in [0.25, 0.3) is 5.91 Å². The van der Waals surface area contributed by atoms with Crippen molar-refractivity contribution in [2.24, 2.45) is 7.05 Å². The lowest BCUT2D eigenvalue weighted by Crippen LogP contribution is -2.14. The standard InChI is InChI=1S/C11H15N3O3/c1-8(16)7-9(4-6-15)11(17)12-10-3-5-14(2)13-10/h3-5,7,15-16H,6H2,1-2H3,(H,12,13,17)/b8-7+,9-4+. The summed E-state index contributed by atoms with van der Waals surface area (Å²) in [4.78, 5) is 11.8. The first kappa shape index (κ1) is 13.0. The molecule has 6 heteroatoms. The molecule has 0 aliphatic heterocycles. The molecule has 0 aliphatic rings. The summed E-state index contributed by atoms with van der Waals surface area (Å²) in [5.41, 5.74) is 0.179. The van der Waals surface area contributed by atoms with Crippen LogP contribution in [-0.2, 0) is 11.8 Å². The molecule has 0 unspecified atom stereocenters. The minimum atomic E-state index is -0.439. The van der Waals surface area contributed by atoms with E-state index in [1.807, 2.05) is 0 Å². The van der Waals surface area contributed by atoms with Crippen LogP contribution >= 0.6 is 0 Å². The van der Waals surface area contributed by atoms with Gasteiger partial charge in [-0.15, -0.1) is 0 Å². The molecule has 0 fully saturated rings. The molecule has 0 saturated heterocycles. The molecular weight excluding hydrogens is 222 g/mol. The maximum Gasteiger partial charge on any atom is 0.256 e. The van der Waals surface area contributed by atoms with Gasteiger partial charge in [-0.05, 0) is 19.1 Å². The molecule has 0 aromatic carbocycles. The van der Waals surface area contributed by atoms with E-state index in [-0.39, 0.29) is 17.9 Å². The molecule has 6 nitrogen and oxygen atoms in total. The first-order valence-corrected chi connectivity index (χ1v) is 5.02. The van der Waals surface area contributed by atoms with Gasteiger partial charge in [-0.2, -0.15) is 5.10 Å². The smallest absolute Gasteiger partial charge is 0.256 e. The van der Waals surface area contributed by atoms with Gasteiger partial charge in [0.15, 0.2) is 5.82 Å². The number of aliphatic hydroxyl groups is 2. The largest absolute Gasteiger partial charge is 0.513 e. The van der Waals surface area contributed by atoms with Gasteiger partial charge < -0.3 is 15.5 Å². The van der Waals surface area contributed by atoms with Gasteiger partial charge in [-0.1, -0.05) is 0 Å². The first-order chi connectivity index (χ1) is 8.02. The molecule has 0 aliphatic carbocycles. The van der Waals surface area contributed by atoms with E-state index in [1.165, 1.54) is 19.1 Å². The molecule has 0 bridgehead atoms. The highest BCUT2D eigenvalue weighted by Crippen LogP contribution is 2.07. The van der Waals surface area contributed by atoms with Crippen molar-refractivity contribution in [1.29, 1.82) is 0 Å². The number of hydrogen-bond donors (Lipinski definition) is 3. The Morgan fingerprint density at radius 2 is 2.35 bits per heavy atom. The van der Waals surface area contributed by atoms with E-state index in [9.17, 15) is 4.79 Å². The Hall–Kier alpha value is -2.08. The molecule has 0 spiro atoms. The molecule has 1 aromatic heterocycles. The number of rotatable bonds is 4. The van der Waals surface area contributed by atoms with Crippen LogP contribution in [0.4, 0.5) is 5.82 Å². The number of nitrogens with one attached hydrogen (secondary N) is 1. The van der Waals surface area contributed by atoms with Crippen LogP contribution in [0.5, 0.6) is 0 Å². The summed E-state index contributed by atoms with van der Waals surface area (Å²) in [5, 5.41) is 24.4. The fourth-order valence-corrected chi connectivity index (χ4v) is 1.21. The molecule has 3 N–H and O–H groups in total. The van der Waals surface area contributed by atoms with Gasteiger partial charge in [-0.3, -0.25) is 9.48 Å². The molecular formula is C11H15N3O3. The van der Waals surface area contributed by atoms with Crippen molar-refractivity contribution in [3.8, 4) is 0 Å². The minimum Gasteiger partial charge on any atom is -0.513 e. The van der Waals surface area contributed by atoms with E-state index >= 15 is 0 Å². The monoisotopic (exact) mass is 237 g/mol. The van der Waals surface area contributed by atoms with Crippen molar-refractivity contribution in [2.45, 2.75) is 6.92 Å². The fraction of sp³-hybridized carbons (Fsp3) is 0.273. The fourth-order valence-electron chi connectivity index (χ4n) is 1.21. The second-order valence-corrected chi connectivity index (χ2v) is 3.46. The third kappa shape index (κ3) is 4.12. The third-order valence-electron chi connectivity index (χ3n) is 1.89. The number of anilines is 1. The van der Waals surface area contributed by atoms with Gasteiger partial charge in [-0.25, -0.2) is 0 Å². The average molecular weight is 237 g/mol. The number of carbonyl (C=O) groups excluding carboxylic acids is 1. The molecule has 1 rings (SSSR count). The molecule has 1 heterocycles. The summed E-state index contributed by atoms with van der Waals surface area (Å²) in [6.45, 7) is 1.16. The van der Waals surface area contributed by atoms with Crippen molar-refractivity contribution in [3.05, 3.63) is 35.7 Å². The van der Waals surface area contributed by atoms with Gasteiger partial charge in [0, 0.05) is 24.9 Å². The van der Waals surface area contributed by atoms with E-state index in [4.69, 9.17) is 10.2 Å². The highest BCUT2D eigenvalue weighted by molar-refractivity contribution is 6.05. The highest BCUT2D eigenvalue weighted by atomic mass is 16.3. The van der Waals surface area contributed by atoms with Crippen LogP contribution in [0.15, 0.2) is 35.7 Å². The molecule has 17 heavy (non-hydrogen) atoms. The van der Waals surface area contributed by atoms with Crippen molar-refractivity contribution in [3.63, 3.8) is 0 Å². The molecule has 92 valence electrons. The van der Waals surface area contributed by atoms with Crippen LogP contribution in [0, 0.1) is 0 Å². The zero-order chi connectivity index (χ0) is 12.8. The summed E-state index contributed by atoms with van der Waals surface area (Å²) < 4.78 is 1.55. The molecule has 0 atom stereocenters. The lowest BCUT2D eigenvalue weighted by Gasteiger charge is -2.03. The Kier molecular flexibility index (Phi) is 4.47. The summed E-state index contributed by atoms with van der Waals surface area (Å²) >= 11 is 0. The van der Waals surface area contributed by atoms with Gasteiger partial charge in [0.2, 0.25) is 0 Å². The molecule has 0 radical (unpaired) electrons. The Labute approximate surface area is 98.9 Å². The number of aliphatic hydroxyl groups excluding tert-OH is 2. The van der Waals surface area contributed by atoms with E-state index in [0.29, 0.717) is 5.82 Å². The SMILES string of the molecule is C/C(O)=C\C(=C/CO)C(=O)Nc1ccn(C)n1. The number of carbonyl (C=O) groups is 1. The first-order valence-electron chi connectivity index (χ1n) is 5.02. The number of nitrogens with zero attached hydrogens (tertiary/aromatic N) is 2. The zero-order valence-electron chi connectivity index (χ0n) is 9.71. The summed E-state index contributed by atoms with van der Waals surface area (Å²) in [6, 6.07) is 1.64. The quantitative estimate of drug-likeness (QED) is 0.409. The Bertz CT molecular complexity index is 456. The predicted octanol–water partition coefficient (Wildman–Crippen LogP) is 0.739. The van der Waals surface area contributed by atoms with E-state index in [0.717, 1.165) is 0 Å². The van der Waals surface area contributed by atoms with Crippen LogP contribution in [0.25, 0.3) is 0 Å². The number of amides is 1. The average Bonchev–Trinajstić information content (AvgIpc) is 2.62. The van der Waals surface area contributed by atoms with Crippen LogP contribution in [-0.4, -0.2) is 32.5 Å². The summed E-state index contributed by atoms with van der Waals surface area (Å²) in [7, 11) is 1.73. The Balaban J connectivity index is 2.80. The van der Waals surface area contributed by atoms with Crippen LogP contribution < -0.4 is 5.32 Å². The zero-order valence-corrected chi connectivity index (χ0v) is 9.71. The summed E-state index contributed by atoms with van der Waals surface area (Å²) in [5.74, 6) is -0.0441.